The van der Waals surface area contributed by atoms with Crippen LogP contribution in [0.2, 0.25) is 5.02 Å². The minimum Gasteiger partial charge on any atom is -0.492 e. The van der Waals surface area contributed by atoms with Gasteiger partial charge in [0.1, 0.15) is 17.8 Å². The van der Waals surface area contributed by atoms with Gasteiger partial charge in [0.2, 0.25) is 0 Å². The number of primary amides is 1. The van der Waals surface area contributed by atoms with Crippen LogP contribution in [0, 0.1) is 16.0 Å². The van der Waals surface area contributed by atoms with Crippen LogP contribution < -0.4 is 15.4 Å². The summed E-state index contributed by atoms with van der Waals surface area (Å²) in [4.78, 5) is 28.2. The summed E-state index contributed by atoms with van der Waals surface area (Å²) in [6.45, 7) is 1.77. The highest BCUT2D eigenvalue weighted by Gasteiger charge is 2.26. The van der Waals surface area contributed by atoms with E-state index in [9.17, 15) is 14.9 Å². The number of benzene rings is 1. The molecule has 1 aromatic heterocycles. The van der Waals surface area contributed by atoms with E-state index in [-0.39, 0.29) is 17.2 Å². The molecule has 0 saturated carbocycles. The summed E-state index contributed by atoms with van der Waals surface area (Å²) in [7, 11) is 0. The fourth-order valence-electron chi connectivity index (χ4n) is 3.14. The Bertz CT molecular complexity index is 861. The molecule has 1 aliphatic heterocycles. The van der Waals surface area contributed by atoms with Crippen molar-refractivity contribution < 1.29 is 14.5 Å². The highest BCUT2D eigenvalue weighted by atomic mass is 35.5. The zero-order valence-corrected chi connectivity index (χ0v) is 15.3. The second-order valence-electron chi connectivity index (χ2n) is 6.38. The van der Waals surface area contributed by atoms with Crippen molar-refractivity contribution in [3.63, 3.8) is 0 Å². The predicted molar refractivity (Wildman–Crippen MR) is 101 cm³/mol. The van der Waals surface area contributed by atoms with Crippen molar-refractivity contribution in [3.8, 4) is 5.75 Å². The Morgan fingerprint density at radius 1 is 1.44 bits per heavy atom. The van der Waals surface area contributed by atoms with Crippen molar-refractivity contribution >= 4 is 29.0 Å². The van der Waals surface area contributed by atoms with E-state index in [1.807, 2.05) is 23.1 Å². The normalized spacial score (nSPS) is 16.8. The molecule has 2 N–H and O–H groups in total. The number of nitro groups is 1. The topological polar surface area (TPSA) is 112 Å². The van der Waals surface area contributed by atoms with E-state index in [2.05, 4.69) is 4.98 Å². The molecule has 0 spiro atoms. The van der Waals surface area contributed by atoms with E-state index >= 15 is 0 Å². The van der Waals surface area contributed by atoms with Crippen LogP contribution in [-0.2, 0) is 0 Å². The molecule has 0 aliphatic carbocycles. The summed E-state index contributed by atoms with van der Waals surface area (Å²) < 4.78 is 5.83. The van der Waals surface area contributed by atoms with Gasteiger partial charge in [-0.15, -0.1) is 0 Å². The summed E-state index contributed by atoms with van der Waals surface area (Å²) in [5, 5.41) is 11.5. The lowest BCUT2D eigenvalue weighted by molar-refractivity contribution is -0.385. The minimum absolute atomic E-state index is 0.0527. The third-order valence-corrected chi connectivity index (χ3v) is 4.77. The standard InChI is InChI=1S/C18H19ClN4O4/c19-15-5-1-2-6-16(15)27-11-12-4-3-7-22(10-12)18-14(17(20)24)8-13(9-21-18)23(25)26/h1-2,5-6,8-9,12H,3-4,7,10-11H2,(H2,20,24). The fourth-order valence-corrected chi connectivity index (χ4v) is 3.33. The van der Waals surface area contributed by atoms with Crippen LogP contribution >= 0.6 is 11.6 Å². The van der Waals surface area contributed by atoms with Gasteiger partial charge < -0.3 is 15.4 Å². The number of hydrogen-bond donors (Lipinski definition) is 1. The number of hydrogen-bond acceptors (Lipinski definition) is 6. The van der Waals surface area contributed by atoms with E-state index < -0.39 is 10.8 Å². The predicted octanol–water partition coefficient (Wildman–Crippen LogP) is 3.04. The molecule has 27 heavy (non-hydrogen) atoms. The smallest absolute Gasteiger partial charge is 0.288 e. The molecule has 2 aromatic rings. The van der Waals surface area contributed by atoms with Crippen LogP contribution in [0.1, 0.15) is 23.2 Å². The first kappa shape index (κ1) is 18.9. The first-order chi connectivity index (χ1) is 13.0. The number of nitrogens with zero attached hydrogens (tertiary/aromatic N) is 3. The number of ether oxygens (including phenoxy) is 1. The van der Waals surface area contributed by atoms with E-state index in [1.54, 1.807) is 6.07 Å². The van der Waals surface area contributed by atoms with E-state index in [0.717, 1.165) is 19.0 Å². The van der Waals surface area contributed by atoms with Crippen molar-refractivity contribution in [3.05, 3.63) is 57.2 Å². The quantitative estimate of drug-likeness (QED) is 0.599. The van der Waals surface area contributed by atoms with Gasteiger partial charge in [-0.05, 0) is 25.0 Å². The average molecular weight is 391 g/mol. The molecule has 1 amide bonds. The molecule has 0 bridgehead atoms. The van der Waals surface area contributed by atoms with E-state index in [4.69, 9.17) is 22.1 Å². The molecular formula is C18H19ClN4O4. The van der Waals surface area contributed by atoms with Gasteiger partial charge in [0.25, 0.3) is 11.6 Å². The molecule has 0 radical (unpaired) electrons. The maximum atomic E-state index is 11.8. The first-order valence-electron chi connectivity index (χ1n) is 8.52. The van der Waals surface area contributed by atoms with Crippen molar-refractivity contribution in [1.29, 1.82) is 0 Å². The monoisotopic (exact) mass is 390 g/mol. The maximum absolute atomic E-state index is 11.8. The Hall–Kier alpha value is -2.87. The van der Waals surface area contributed by atoms with Crippen molar-refractivity contribution in [2.24, 2.45) is 11.7 Å². The number of carbonyl (C=O) groups is 1. The van der Waals surface area contributed by atoms with Gasteiger partial charge in [-0.1, -0.05) is 23.7 Å². The minimum atomic E-state index is -0.740. The fraction of sp³-hybridized carbons (Fsp3) is 0.333. The molecular weight excluding hydrogens is 372 g/mol. The van der Waals surface area contributed by atoms with Gasteiger partial charge in [0, 0.05) is 25.1 Å². The van der Waals surface area contributed by atoms with Crippen LogP contribution in [0.5, 0.6) is 5.75 Å². The Kier molecular flexibility index (Phi) is 5.75. The van der Waals surface area contributed by atoms with Gasteiger partial charge >= 0.3 is 0 Å². The SMILES string of the molecule is NC(=O)c1cc([N+](=O)[O-])cnc1N1CCCC(COc2ccccc2Cl)C1. The van der Waals surface area contributed by atoms with E-state index in [1.165, 1.54) is 6.07 Å². The van der Waals surface area contributed by atoms with Crippen LogP contribution in [0.4, 0.5) is 11.5 Å². The molecule has 1 aliphatic rings. The van der Waals surface area contributed by atoms with Crippen molar-refractivity contribution in [1.82, 2.24) is 4.98 Å². The molecule has 1 unspecified atom stereocenters. The average Bonchev–Trinajstić information content (AvgIpc) is 2.67. The Morgan fingerprint density at radius 2 is 2.22 bits per heavy atom. The maximum Gasteiger partial charge on any atom is 0.288 e. The van der Waals surface area contributed by atoms with Crippen LogP contribution in [0.3, 0.4) is 0 Å². The third-order valence-electron chi connectivity index (χ3n) is 4.46. The number of halogens is 1. The molecule has 3 rings (SSSR count). The highest BCUT2D eigenvalue weighted by molar-refractivity contribution is 6.32. The molecule has 8 nitrogen and oxygen atoms in total. The lowest BCUT2D eigenvalue weighted by Crippen LogP contribution is -2.39. The second-order valence-corrected chi connectivity index (χ2v) is 6.79. The number of nitrogens with two attached hydrogens (primary N) is 1. The summed E-state index contributed by atoms with van der Waals surface area (Å²) in [6, 6.07) is 8.45. The number of pyridine rings is 1. The number of rotatable bonds is 6. The molecule has 1 aromatic carbocycles. The van der Waals surface area contributed by atoms with Gasteiger partial charge in [-0.3, -0.25) is 14.9 Å². The molecule has 1 atom stereocenters. The number of amides is 1. The Balaban J connectivity index is 1.73. The third kappa shape index (κ3) is 4.46. The number of piperidine rings is 1. The molecule has 9 heteroatoms. The molecule has 2 heterocycles. The summed E-state index contributed by atoms with van der Waals surface area (Å²) in [5.74, 6) is 0.460. The summed E-state index contributed by atoms with van der Waals surface area (Å²) >= 11 is 6.11. The lowest BCUT2D eigenvalue weighted by Gasteiger charge is -2.34. The highest BCUT2D eigenvalue weighted by Crippen LogP contribution is 2.28. The van der Waals surface area contributed by atoms with E-state index in [0.29, 0.717) is 36.3 Å². The summed E-state index contributed by atoms with van der Waals surface area (Å²) in [5.41, 5.74) is 5.20. The van der Waals surface area contributed by atoms with Crippen LogP contribution in [-0.4, -0.2) is 35.5 Å². The Labute approximate surface area is 161 Å². The molecule has 1 saturated heterocycles. The van der Waals surface area contributed by atoms with Crippen LogP contribution in [0.15, 0.2) is 36.5 Å². The number of aromatic nitrogens is 1. The van der Waals surface area contributed by atoms with Gasteiger partial charge in [-0.2, -0.15) is 0 Å². The van der Waals surface area contributed by atoms with Gasteiger partial charge in [0.05, 0.1) is 22.1 Å². The largest absolute Gasteiger partial charge is 0.492 e. The van der Waals surface area contributed by atoms with Crippen LogP contribution in [0.25, 0.3) is 0 Å². The molecule has 1 fully saturated rings. The number of anilines is 1. The summed E-state index contributed by atoms with van der Waals surface area (Å²) in [6.07, 6.45) is 2.99. The van der Waals surface area contributed by atoms with Crippen molar-refractivity contribution in [2.75, 3.05) is 24.6 Å². The van der Waals surface area contributed by atoms with Gasteiger partial charge in [-0.25, -0.2) is 4.98 Å². The Morgan fingerprint density at radius 3 is 2.93 bits per heavy atom. The second kappa shape index (κ2) is 8.22. The number of para-hydroxylation sites is 1. The van der Waals surface area contributed by atoms with Crippen molar-refractivity contribution in [2.45, 2.75) is 12.8 Å². The lowest BCUT2D eigenvalue weighted by atomic mass is 9.98. The first-order valence-corrected chi connectivity index (χ1v) is 8.90. The number of carbonyl (C=O) groups excluding carboxylic acids is 1. The van der Waals surface area contributed by atoms with Gasteiger partial charge in [0.15, 0.2) is 0 Å². The zero-order chi connectivity index (χ0) is 19.4. The zero-order valence-electron chi connectivity index (χ0n) is 14.5. The molecule has 142 valence electrons.